The van der Waals surface area contributed by atoms with Gasteiger partial charge in [-0.2, -0.15) is 0 Å². The highest BCUT2D eigenvalue weighted by Crippen LogP contribution is 2.36. The summed E-state index contributed by atoms with van der Waals surface area (Å²) >= 11 is 6.15. The monoisotopic (exact) mass is 326 g/mol. The Morgan fingerprint density at radius 3 is 2.55 bits per heavy atom. The van der Waals surface area contributed by atoms with Crippen molar-refractivity contribution in [3.63, 3.8) is 0 Å². The highest BCUT2D eigenvalue weighted by atomic mass is 35.5. The number of halogens is 1. The van der Waals surface area contributed by atoms with Gasteiger partial charge in [0.15, 0.2) is 11.5 Å². The molecular formula is C16H23ClN2O3. The number of benzene rings is 1. The molecule has 22 heavy (non-hydrogen) atoms. The molecular weight excluding hydrogens is 304 g/mol. The molecule has 1 aromatic carbocycles. The third kappa shape index (κ3) is 3.84. The van der Waals surface area contributed by atoms with Gasteiger partial charge < -0.3 is 19.7 Å². The Morgan fingerprint density at radius 1 is 1.32 bits per heavy atom. The summed E-state index contributed by atoms with van der Waals surface area (Å²) in [7, 11) is 3.04. The lowest BCUT2D eigenvalue weighted by Gasteiger charge is -2.31. The predicted octanol–water partition coefficient (Wildman–Crippen LogP) is 2.57. The number of amides is 1. The first-order valence-corrected chi connectivity index (χ1v) is 7.91. The number of nitrogens with one attached hydrogen (secondary N) is 1. The molecule has 0 unspecified atom stereocenters. The van der Waals surface area contributed by atoms with Crippen LogP contribution in [-0.2, 0) is 0 Å². The zero-order chi connectivity index (χ0) is 16.1. The molecule has 0 spiro atoms. The molecule has 1 aromatic rings. The summed E-state index contributed by atoms with van der Waals surface area (Å²) in [5.41, 5.74) is 0.487. The third-order valence-electron chi connectivity index (χ3n) is 4.07. The van der Waals surface area contributed by atoms with Gasteiger partial charge in [0, 0.05) is 24.7 Å². The van der Waals surface area contributed by atoms with Crippen LogP contribution in [0.4, 0.5) is 0 Å². The number of methoxy groups -OCH3 is 2. The molecule has 0 bridgehead atoms. The first kappa shape index (κ1) is 16.9. The van der Waals surface area contributed by atoms with Crippen LogP contribution in [0.5, 0.6) is 11.5 Å². The quantitative estimate of drug-likeness (QED) is 0.903. The maximum Gasteiger partial charge on any atom is 0.251 e. The van der Waals surface area contributed by atoms with Gasteiger partial charge in [0.2, 0.25) is 0 Å². The van der Waals surface area contributed by atoms with Crippen LogP contribution in [0.2, 0.25) is 5.02 Å². The standard InChI is InChI=1S/C16H23ClN2O3/c1-4-19-7-5-12(6-8-19)18-16(20)11-9-13(17)15(22-3)14(10-11)21-2/h9-10,12H,4-8H2,1-3H3,(H,18,20). The van der Waals surface area contributed by atoms with E-state index in [0.29, 0.717) is 22.1 Å². The van der Waals surface area contributed by atoms with Crippen LogP contribution in [0, 0.1) is 0 Å². The van der Waals surface area contributed by atoms with Crippen LogP contribution in [-0.4, -0.2) is 50.7 Å². The topological polar surface area (TPSA) is 50.8 Å². The lowest BCUT2D eigenvalue weighted by atomic mass is 10.0. The molecule has 0 radical (unpaired) electrons. The highest BCUT2D eigenvalue weighted by molar-refractivity contribution is 6.32. The second-order valence-corrected chi connectivity index (χ2v) is 5.78. The van der Waals surface area contributed by atoms with E-state index < -0.39 is 0 Å². The number of carbonyl (C=O) groups excluding carboxylic acids is 1. The predicted molar refractivity (Wildman–Crippen MR) is 87.2 cm³/mol. The van der Waals surface area contributed by atoms with Crippen molar-refractivity contribution in [2.24, 2.45) is 0 Å². The summed E-state index contributed by atoms with van der Waals surface area (Å²) in [4.78, 5) is 14.8. The van der Waals surface area contributed by atoms with Crippen molar-refractivity contribution in [3.8, 4) is 11.5 Å². The number of likely N-dealkylation sites (tertiary alicyclic amines) is 1. The van der Waals surface area contributed by atoms with Gasteiger partial charge in [-0.1, -0.05) is 18.5 Å². The fourth-order valence-corrected chi connectivity index (χ4v) is 3.00. The lowest BCUT2D eigenvalue weighted by Crippen LogP contribution is -2.44. The molecule has 0 aromatic heterocycles. The largest absolute Gasteiger partial charge is 0.493 e. The number of hydrogen-bond donors (Lipinski definition) is 1. The van der Waals surface area contributed by atoms with E-state index in [2.05, 4.69) is 17.1 Å². The maximum absolute atomic E-state index is 12.4. The van der Waals surface area contributed by atoms with Gasteiger partial charge in [0.25, 0.3) is 5.91 Å². The normalized spacial score (nSPS) is 16.4. The van der Waals surface area contributed by atoms with Crippen LogP contribution < -0.4 is 14.8 Å². The Balaban J connectivity index is 2.05. The zero-order valence-electron chi connectivity index (χ0n) is 13.3. The summed E-state index contributed by atoms with van der Waals surface area (Å²) < 4.78 is 10.4. The number of nitrogens with zero attached hydrogens (tertiary/aromatic N) is 1. The molecule has 0 atom stereocenters. The molecule has 0 saturated carbocycles. The van der Waals surface area contributed by atoms with E-state index in [4.69, 9.17) is 21.1 Å². The van der Waals surface area contributed by atoms with Crippen LogP contribution in [0.15, 0.2) is 12.1 Å². The minimum atomic E-state index is -0.127. The van der Waals surface area contributed by atoms with Crippen molar-refractivity contribution >= 4 is 17.5 Å². The van der Waals surface area contributed by atoms with Crippen molar-refractivity contribution in [1.82, 2.24) is 10.2 Å². The molecule has 1 saturated heterocycles. The first-order chi connectivity index (χ1) is 10.6. The van der Waals surface area contributed by atoms with E-state index >= 15 is 0 Å². The summed E-state index contributed by atoms with van der Waals surface area (Å²) in [5.74, 6) is 0.774. The highest BCUT2D eigenvalue weighted by Gasteiger charge is 2.21. The van der Waals surface area contributed by atoms with Crippen LogP contribution >= 0.6 is 11.6 Å². The van der Waals surface area contributed by atoms with Gasteiger partial charge in [-0.3, -0.25) is 4.79 Å². The average Bonchev–Trinajstić information content (AvgIpc) is 2.54. The average molecular weight is 327 g/mol. The SMILES string of the molecule is CCN1CCC(NC(=O)c2cc(Cl)c(OC)c(OC)c2)CC1. The van der Waals surface area contributed by atoms with Crippen LogP contribution in [0.25, 0.3) is 0 Å². The Hall–Kier alpha value is -1.46. The third-order valence-corrected chi connectivity index (χ3v) is 4.35. The number of hydrogen-bond acceptors (Lipinski definition) is 4. The van der Waals surface area contributed by atoms with E-state index in [1.807, 2.05) is 0 Å². The molecule has 0 aliphatic carbocycles. The number of rotatable bonds is 5. The van der Waals surface area contributed by atoms with Crippen LogP contribution in [0.3, 0.4) is 0 Å². The van der Waals surface area contributed by atoms with Crippen molar-refractivity contribution in [1.29, 1.82) is 0 Å². The molecule has 2 rings (SSSR count). The summed E-state index contributed by atoms with van der Waals surface area (Å²) in [6.07, 6.45) is 1.95. The van der Waals surface area contributed by atoms with Crippen molar-refractivity contribution < 1.29 is 14.3 Å². The number of piperidine rings is 1. The lowest BCUT2D eigenvalue weighted by molar-refractivity contribution is 0.0912. The van der Waals surface area contributed by atoms with E-state index in [1.54, 1.807) is 12.1 Å². The zero-order valence-corrected chi connectivity index (χ0v) is 14.1. The summed E-state index contributed by atoms with van der Waals surface area (Å²) in [6, 6.07) is 3.47. The van der Waals surface area contributed by atoms with Gasteiger partial charge in [-0.15, -0.1) is 0 Å². The second kappa shape index (κ2) is 7.70. The Labute approximate surface area is 136 Å². The van der Waals surface area contributed by atoms with E-state index in [1.165, 1.54) is 14.2 Å². The summed E-state index contributed by atoms with van der Waals surface area (Å²) in [6.45, 7) is 5.26. The van der Waals surface area contributed by atoms with Crippen molar-refractivity contribution in [2.75, 3.05) is 33.9 Å². The second-order valence-electron chi connectivity index (χ2n) is 5.38. The molecule has 1 aliphatic heterocycles. The molecule has 1 amide bonds. The van der Waals surface area contributed by atoms with Gasteiger partial charge in [-0.05, 0) is 31.5 Å². The van der Waals surface area contributed by atoms with E-state index in [-0.39, 0.29) is 11.9 Å². The van der Waals surface area contributed by atoms with Gasteiger partial charge in [-0.25, -0.2) is 0 Å². The van der Waals surface area contributed by atoms with E-state index in [9.17, 15) is 4.79 Å². The van der Waals surface area contributed by atoms with Gasteiger partial charge in [0.05, 0.1) is 19.2 Å². The number of ether oxygens (including phenoxy) is 2. The van der Waals surface area contributed by atoms with Gasteiger partial charge >= 0.3 is 0 Å². The van der Waals surface area contributed by atoms with Crippen molar-refractivity contribution in [2.45, 2.75) is 25.8 Å². The Bertz CT molecular complexity index is 528. The smallest absolute Gasteiger partial charge is 0.251 e. The summed E-state index contributed by atoms with van der Waals surface area (Å²) in [5, 5.41) is 3.44. The molecule has 1 aliphatic rings. The fraction of sp³-hybridized carbons (Fsp3) is 0.562. The Morgan fingerprint density at radius 2 is 2.00 bits per heavy atom. The van der Waals surface area contributed by atoms with Gasteiger partial charge in [0.1, 0.15) is 0 Å². The van der Waals surface area contributed by atoms with Crippen molar-refractivity contribution in [3.05, 3.63) is 22.7 Å². The minimum absolute atomic E-state index is 0.127. The maximum atomic E-state index is 12.4. The molecule has 1 N–H and O–H groups in total. The molecule has 6 heteroatoms. The minimum Gasteiger partial charge on any atom is -0.493 e. The molecule has 5 nitrogen and oxygen atoms in total. The first-order valence-electron chi connectivity index (χ1n) is 7.53. The Kier molecular flexibility index (Phi) is 5.91. The van der Waals surface area contributed by atoms with E-state index in [0.717, 1.165) is 32.5 Å². The molecule has 122 valence electrons. The van der Waals surface area contributed by atoms with Crippen LogP contribution in [0.1, 0.15) is 30.1 Å². The molecule has 1 fully saturated rings. The number of carbonyl (C=O) groups is 1. The molecule has 1 heterocycles. The fourth-order valence-electron chi connectivity index (χ4n) is 2.71.